The average molecular weight is 422 g/mol. The molecule has 0 saturated heterocycles. The van der Waals surface area contributed by atoms with Crippen molar-refractivity contribution in [2.75, 3.05) is 0 Å². The SMILES string of the molecule is CCC(NC(=O)c1cc(-c2n[nH]c3ncc(-c4ccccc4)cc23)c[nH]1)c1ccccc1. The van der Waals surface area contributed by atoms with Crippen molar-refractivity contribution in [2.45, 2.75) is 19.4 Å². The van der Waals surface area contributed by atoms with Gasteiger partial charge in [0.25, 0.3) is 5.91 Å². The standard InChI is InChI=1S/C26H23N5O/c1-2-22(18-11-7-4-8-12-18)29-26(32)23-14-20(16-27-23)24-21-13-19(15-28-25(21)31-30-24)17-9-5-3-6-10-17/h3-16,22,27H,2H2,1H3,(H,29,32)(H,28,30,31). The van der Waals surface area contributed by atoms with E-state index in [4.69, 9.17) is 0 Å². The van der Waals surface area contributed by atoms with Crippen LogP contribution in [0.1, 0.15) is 35.4 Å². The number of rotatable bonds is 6. The monoisotopic (exact) mass is 421 g/mol. The lowest BCUT2D eigenvalue weighted by molar-refractivity contribution is 0.0931. The van der Waals surface area contributed by atoms with Crippen LogP contribution in [0.5, 0.6) is 0 Å². The Balaban J connectivity index is 1.42. The summed E-state index contributed by atoms with van der Waals surface area (Å²) in [5, 5.41) is 11.5. The molecule has 32 heavy (non-hydrogen) atoms. The van der Waals surface area contributed by atoms with Crippen molar-refractivity contribution in [1.82, 2.24) is 25.5 Å². The Labute approximate surface area is 185 Å². The lowest BCUT2D eigenvalue weighted by Crippen LogP contribution is -2.28. The van der Waals surface area contributed by atoms with E-state index < -0.39 is 0 Å². The molecule has 0 aliphatic rings. The second-order valence-corrected chi connectivity index (χ2v) is 7.71. The molecule has 0 bridgehead atoms. The molecular weight excluding hydrogens is 398 g/mol. The summed E-state index contributed by atoms with van der Waals surface area (Å²) in [6, 6.07) is 24.0. The van der Waals surface area contributed by atoms with E-state index in [1.807, 2.05) is 67.0 Å². The third kappa shape index (κ3) is 3.78. The number of hydrogen-bond acceptors (Lipinski definition) is 3. The fourth-order valence-electron chi connectivity index (χ4n) is 3.92. The first kappa shape index (κ1) is 19.8. The molecule has 3 N–H and O–H groups in total. The third-order valence-electron chi connectivity index (χ3n) is 5.64. The number of aromatic amines is 2. The van der Waals surface area contributed by atoms with Crippen molar-refractivity contribution < 1.29 is 4.79 Å². The molecule has 1 atom stereocenters. The highest BCUT2D eigenvalue weighted by molar-refractivity contribution is 5.97. The highest BCUT2D eigenvalue weighted by atomic mass is 16.1. The lowest BCUT2D eigenvalue weighted by atomic mass is 10.0. The minimum Gasteiger partial charge on any atom is -0.357 e. The van der Waals surface area contributed by atoms with Gasteiger partial charge in [0, 0.05) is 28.9 Å². The van der Waals surface area contributed by atoms with Gasteiger partial charge in [-0.2, -0.15) is 5.10 Å². The van der Waals surface area contributed by atoms with E-state index in [9.17, 15) is 4.79 Å². The van der Waals surface area contributed by atoms with Crippen molar-refractivity contribution in [3.8, 4) is 22.4 Å². The molecule has 6 heteroatoms. The van der Waals surface area contributed by atoms with Gasteiger partial charge in [-0.15, -0.1) is 0 Å². The maximum Gasteiger partial charge on any atom is 0.268 e. The summed E-state index contributed by atoms with van der Waals surface area (Å²) in [5.41, 5.74) is 6.00. The van der Waals surface area contributed by atoms with Crippen LogP contribution in [0, 0.1) is 0 Å². The molecule has 3 aromatic heterocycles. The first-order chi connectivity index (χ1) is 15.7. The summed E-state index contributed by atoms with van der Waals surface area (Å²) in [6.45, 7) is 2.06. The van der Waals surface area contributed by atoms with E-state index in [0.29, 0.717) is 11.3 Å². The van der Waals surface area contributed by atoms with E-state index in [2.05, 4.69) is 50.6 Å². The smallest absolute Gasteiger partial charge is 0.268 e. The molecule has 1 unspecified atom stereocenters. The molecule has 0 radical (unpaired) electrons. The first-order valence-corrected chi connectivity index (χ1v) is 10.7. The van der Waals surface area contributed by atoms with Crippen LogP contribution in [0.3, 0.4) is 0 Å². The van der Waals surface area contributed by atoms with Crippen LogP contribution in [0.2, 0.25) is 0 Å². The second kappa shape index (κ2) is 8.51. The number of pyridine rings is 1. The first-order valence-electron chi connectivity index (χ1n) is 10.7. The highest BCUT2D eigenvalue weighted by Crippen LogP contribution is 2.29. The minimum absolute atomic E-state index is 0.0423. The van der Waals surface area contributed by atoms with E-state index in [1.165, 1.54) is 0 Å². The van der Waals surface area contributed by atoms with Crippen molar-refractivity contribution >= 4 is 16.9 Å². The van der Waals surface area contributed by atoms with Crippen LogP contribution in [0.25, 0.3) is 33.4 Å². The zero-order valence-corrected chi connectivity index (χ0v) is 17.7. The summed E-state index contributed by atoms with van der Waals surface area (Å²) >= 11 is 0. The number of carbonyl (C=O) groups excluding carboxylic acids is 1. The minimum atomic E-state index is -0.144. The van der Waals surface area contributed by atoms with Gasteiger partial charge < -0.3 is 10.3 Å². The van der Waals surface area contributed by atoms with Crippen LogP contribution in [0.4, 0.5) is 0 Å². The van der Waals surface area contributed by atoms with E-state index in [1.54, 1.807) is 0 Å². The predicted octanol–water partition coefficient (Wildman–Crippen LogP) is 5.50. The number of carbonyl (C=O) groups is 1. The lowest BCUT2D eigenvalue weighted by Gasteiger charge is -2.16. The van der Waals surface area contributed by atoms with Crippen LogP contribution in [0.15, 0.2) is 85.2 Å². The molecule has 158 valence electrons. The summed E-state index contributed by atoms with van der Waals surface area (Å²) in [4.78, 5) is 20.5. The maximum absolute atomic E-state index is 12.9. The topological polar surface area (TPSA) is 86.5 Å². The predicted molar refractivity (Wildman–Crippen MR) is 126 cm³/mol. The Kier molecular flexibility index (Phi) is 5.25. The van der Waals surface area contributed by atoms with Crippen LogP contribution in [-0.2, 0) is 0 Å². The number of hydrogen-bond donors (Lipinski definition) is 3. The van der Waals surface area contributed by atoms with Gasteiger partial charge in [-0.05, 0) is 29.7 Å². The molecule has 5 aromatic rings. The van der Waals surface area contributed by atoms with Crippen LogP contribution >= 0.6 is 0 Å². The van der Waals surface area contributed by atoms with Gasteiger partial charge in [0.1, 0.15) is 11.4 Å². The van der Waals surface area contributed by atoms with Gasteiger partial charge in [-0.25, -0.2) is 4.98 Å². The number of amides is 1. The molecule has 5 rings (SSSR count). The van der Waals surface area contributed by atoms with Gasteiger partial charge in [0.15, 0.2) is 5.65 Å². The van der Waals surface area contributed by atoms with E-state index in [-0.39, 0.29) is 11.9 Å². The zero-order valence-electron chi connectivity index (χ0n) is 17.7. The molecule has 0 spiro atoms. The Hall–Kier alpha value is -4.19. The number of fused-ring (bicyclic) bond motifs is 1. The normalized spacial score (nSPS) is 12.0. The van der Waals surface area contributed by atoms with Gasteiger partial charge >= 0.3 is 0 Å². The molecule has 3 heterocycles. The van der Waals surface area contributed by atoms with E-state index in [0.717, 1.165) is 39.8 Å². The Bertz CT molecular complexity index is 1360. The molecule has 1 amide bonds. The molecular formula is C26H23N5O. The van der Waals surface area contributed by atoms with Gasteiger partial charge in [0.05, 0.1) is 6.04 Å². The average Bonchev–Trinajstić information content (AvgIpc) is 3.50. The van der Waals surface area contributed by atoms with E-state index >= 15 is 0 Å². The quantitative estimate of drug-likeness (QED) is 0.338. The molecule has 6 nitrogen and oxygen atoms in total. The third-order valence-corrected chi connectivity index (χ3v) is 5.64. The number of benzene rings is 2. The fraction of sp³-hybridized carbons (Fsp3) is 0.115. The molecule has 2 aromatic carbocycles. The number of nitrogens with one attached hydrogen (secondary N) is 3. The fourth-order valence-corrected chi connectivity index (χ4v) is 3.92. The van der Waals surface area contributed by atoms with Gasteiger partial charge in [-0.1, -0.05) is 67.6 Å². The largest absolute Gasteiger partial charge is 0.357 e. The number of H-pyrrole nitrogens is 2. The number of nitrogens with zero attached hydrogens (tertiary/aromatic N) is 2. The Morgan fingerprint density at radius 1 is 0.969 bits per heavy atom. The van der Waals surface area contributed by atoms with Crippen molar-refractivity contribution in [3.63, 3.8) is 0 Å². The molecule has 0 aliphatic heterocycles. The van der Waals surface area contributed by atoms with Crippen LogP contribution < -0.4 is 5.32 Å². The Morgan fingerprint density at radius 3 is 2.47 bits per heavy atom. The summed E-state index contributed by atoms with van der Waals surface area (Å²) < 4.78 is 0. The molecule has 0 fully saturated rings. The zero-order chi connectivity index (χ0) is 21.9. The summed E-state index contributed by atoms with van der Waals surface area (Å²) in [5.74, 6) is -0.144. The second-order valence-electron chi connectivity index (χ2n) is 7.71. The van der Waals surface area contributed by atoms with Gasteiger partial charge in [-0.3, -0.25) is 9.89 Å². The summed E-state index contributed by atoms with van der Waals surface area (Å²) in [7, 11) is 0. The van der Waals surface area contributed by atoms with Crippen LogP contribution in [-0.4, -0.2) is 26.1 Å². The van der Waals surface area contributed by atoms with Gasteiger partial charge in [0.2, 0.25) is 0 Å². The molecule has 0 aliphatic carbocycles. The van der Waals surface area contributed by atoms with Crippen molar-refractivity contribution in [1.29, 1.82) is 0 Å². The van der Waals surface area contributed by atoms with Crippen molar-refractivity contribution in [3.05, 3.63) is 96.4 Å². The maximum atomic E-state index is 12.9. The number of aromatic nitrogens is 4. The van der Waals surface area contributed by atoms with Crippen molar-refractivity contribution in [2.24, 2.45) is 0 Å². The Morgan fingerprint density at radius 2 is 1.72 bits per heavy atom. The summed E-state index contributed by atoms with van der Waals surface area (Å²) in [6.07, 6.45) is 4.45. The highest BCUT2D eigenvalue weighted by Gasteiger charge is 2.18. The molecule has 0 saturated carbocycles.